The highest BCUT2D eigenvalue weighted by Crippen LogP contribution is 2.28. The van der Waals surface area contributed by atoms with E-state index in [0.717, 1.165) is 0 Å². The maximum atomic E-state index is 12.5. The SMILES string of the molecule is Cc1cc(C)c(S(=O)CC(F)(F)F)cc1N=C(N)c1cnccn1. The lowest BCUT2D eigenvalue weighted by molar-refractivity contribution is -0.105. The van der Waals surface area contributed by atoms with Crippen LogP contribution in [0.3, 0.4) is 0 Å². The molecule has 0 aliphatic heterocycles. The Hall–Kier alpha value is -2.29. The van der Waals surface area contributed by atoms with Crippen molar-refractivity contribution in [2.24, 2.45) is 10.7 Å². The fourth-order valence-corrected chi connectivity index (χ4v) is 3.15. The predicted molar refractivity (Wildman–Crippen MR) is 85.7 cm³/mol. The normalized spacial score (nSPS) is 13.8. The van der Waals surface area contributed by atoms with Crippen LogP contribution in [0, 0.1) is 13.8 Å². The molecular weight excluding hydrogens is 341 g/mol. The number of aryl methyl sites for hydroxylation is 2. The van der Waals surface area contributed by atoms with E-state index in [4.69, 9.17) is 5.73 Å². The number of rotatable bonds is 4. The Kier molecular flexibility index (Phi) is 5.33. The van der Waals surface area contributed by atoms with Crippen LogP contribution in [-0.4, -0.2) is 31.9 Å². The molecule has 0 aliphatic carbocycles. The molecule has 1 aromatic carbocycles. The summed E-state index contributed by atoms with van der Waals surface area (Å²) in [6.07, 6.45) is -0.162. The Labute approximate surface area is 139 Å². The van der Waals surface area contributed by atoms with E-state index in [1.807, 2.05) is 0 Å². The number of amidine groups is 1. The van der Waals surface area contributed by atoms with Gasteiger partial charge in [0.2, 0.25) is 0 Å². The van der Waals surface area contributed by atoms with E-state index in [0.29, 0.717) is 22.5 Å². The molecule has 128 valence electrons. The Morgan fingerprint density at radius 3 is 2.54 bits per heavy atom. The van der Waals surface area contributed by atoms with E-state index in [9.17, 15) is 17.4 Å². The zero-order valence-electron chi connectivity index (χ0n) is 13.0. The van der Waals surface area contributed by atoms with Crippen LogP contribution in [0.25, 0.3) is 0 Å². The van der Waals surface area contributed by atoms with Crippen molar-refractivity contribution in [2.75, 3.05) is 5.75 Å². The minimum Gasteiger partial charge on any atom is -0.382 e. The summed E-state index contributed by atoms with van der Waals surface area (Å²) in [5.74, 6) is -1.33. The Balaban J connectivity index is 2.41. The zero-order valence-corrected chi connectivity index (χ0v) is 13.8. The molecule has 0 aliphatic rings. The van der Waals surface area contributed by atoms with Gasteiger partial charge in [0.1, 0.15) is 11.4 Å². The Morgan fingerprint density at radius 2 is 1.96 bits per heavy atom. The van der Waals surface area contributed by atoms with Gasteiger partial charge in [-0.3, -0.25) is 9.19 Å². The third-order valence-corrected chi connectivity index (χ3v) is 4.62. The highest BCUT2D eigenvalue weighted by Gasteiger charge is 2.31. The molecule has 24 heavy (non-hydrogen) atoms. The summed E-state index contributed by atoms with van der Waals surface area (Å²) >= 11 is 0. The second-order valence-corrected chi connectivity index (χ2v) is 6.52. The molecule has 0 fully saturated rings. The molecule has 0 saturated carbocycles. The van der Waals surface area contributed by atoms with Crippen LogP contribution in [0.15, 0.2) is 40.6 Å². The first-order valence-corrected chi connectivity index (χ1v) is 8.16. The second kappa shape index (κ2) is 7.08. The summed E-state index contributed by atoms with van der Waals surface area (Å²) in [7, 11) is -2.21. The minimum atomic E-state index is -4.51. The molecule has 1 heterocycles. The highest BCUT2D eigenvalue weighted by atomic mass is 32.2. The van der Waals surface area contributed by atoms with E-state index in [1.165, 1.54) is 24.7 Å². The smallest absolute Gasteiger partial charge is 0.382 e. The number of hydrogen-bond acceptors (Lipinski definition) is 4. The van der Waals surface area contributed by atoms with Gasteiger partial charge >= 0.3 is 6.18 Å². The molecule has 0 spiro atoms. The number of aromatic nitrogens is 2. The molecule has 5 nitrogen and oxygen atoms in total. The molecule has 2 aromatic rings. The molecular formula is C15H15F3N4OS. The molecule has 1 atom stereocenters. The van der Waals surface area contributed by atoms with E-state index in [-0.39, 0.29) is 10.7 Å². The minimum absolute atomic E-state index is 0.0719. The molecule has 2 rings (SSSR count). The van der Waals surface area contributed by atoms with E-state index < -0.39 is 22.7 Å². The van der Waals surface area contributed by atoms with Gasteiger partial charge in [-0.2, -0.15) is 13.2 Å². The topological polar surface area (TPSA) is 81.2 Å². The van der Waals surface area contributed by atoms with Crippen molar-refractivity contribution in [3.05, 3.63) is 47.5 Å². The lowest BCUT2D eigenvalue weighted by atomic mass is 10.1. The van der Waals surface area contributed by atoms with Gasteiger partial charge in [-0.1, -0.05) is 6.07 Å². The van der Waals surface area contributed by atoms with Gasteiger partial charge in [-0.15, -0.1) is 0 Å². The third kappa shape index (κ3) is 4.60. The first-order chi connectivity index (χ1) is 11.2. The third-order valence-electron chi connectivity index (χ3n) is 3.10. The van der Waals surface area contributed by atoms with E-state index in [2.05, 4.69) is 15.0 Å². The van der Waals surface area contributed by atoms with Crippen molar-refractivity contribution >= 4 is 22.3 Å². The molecule has 0 bridgehead atoms. The predicted octanol–water partition coefficient (Wildman–Crippen LogP) is 2.80. The largest absolute Gasteiger partial charge is 0.400 e. The fraction of sp³-hybridized carbons (Fsp3) is 0.267. The summed E-state index contributed by atoms with van der Waals surface area (Å²) in [6, 6.07) is 3.00. The van der Waals surface area contributed by atoms with Gasteiger partial charge in [0, 0.05) is 17.3 Å². The van der Waals surface area contributed by atoms with Crippen LogP contribution in [0.5, 0.6) is 0 Å². The van der Waals surface area contributed by atoms with Crippen LogP contribution in [0.1, 0.15) is 16.8 Å². The van der Waals surface area contributed by atoms with E-state index >= 15 is 0 Å². The lowest BCUT2D eigenvalue weighted by Gasteiger charge is -2.11. The number of benzene rings is 1. The number of aliphatic imine (C=N–C) groups is 1. The van der Waals surface area contributed by atoms with Crippen LogP contribution in [0.4, 0.5) is 18.9 Å². The Morgan fingerprint density at radius 1 is 1.25 bits per heavy atom. The highest BCUT2D eigenvalue weighted by molar-refractivity contribution is 7.85. The van der Waals surface area contributed by atoms with Gasteiger partial charge in [-0.05, 0) is 31.0 Å². The van der Waals surface area contributed by atoms with Crippen molar-refractivity contribution in [2.45, 2.75) is 24.9 Å². The average Bonchev–Trinajstić information content (AvgIpc) is 2.49. The standard InChI is InChI=1S/C15H15F3N4OS/c1-9-5-10(2)13(24(23)8-15(16,17)18)6-11(9)22-14(19)12-7-20-3-4-21-12/h3-7H,8H2,1-2H3,(H2,19,22). The molecule has 9 heteroatoms. The van der Waals surface area contributed by atoms with Crippen LogP contribution >= 0.6 is 0 Å². The summed E-state index contributed by atoms with van der Waals surface area (Å²) in [6.45, 7) is 3.35. The lowest BCUT2D eigenvalue weighted by Crippen LogP contribution is -2.19. The van der Waals surface area contributed by atoms with Crippen LogP contribution in [0.2, 0.25) is 0 Å². The quantitative estimate of drug-likeness (QED) is 0.675. The zero-order chi connectivity index (χ0) is 17.9. The molecule has 1 aromatic heterocycles. The second-order valence-electron chi connectivity index (χ2n) is 5.10. The van der Waals surface area contributed by atoms with Gasteiger partial charge < -0.3 is 5.73 Å². The molecule has 2 N–H and O–H groups in total. The first-order valence-electron chi connectivity index (χ1n) is 6.84. The maximum Gasteiger partial charge on any atom is 0.400 e. The Bertz CT molecular complexity index is 791. The van der Waals surface area contributed by atoms with Gasteiger partial charge in [0.25, 0.3) is 0 Å². The van der Waals surface area contributed by atoms with Crippen molar-refractivity contribution in [1.29, 1.82) is 0 Å². The number of alkyl halides is 3. The molecule has 0 amide bonds. The first kappa shape index (κ1) is 18.1. The van der Waals surface area contributed by atoms with Gasteiger partial charge in [0.05, 0.1) is 22.7 Å². The maximum absolute atomic E-state index is 12.5. The number of hydrogen-bond donors (Lipinski definition) is 1. The molecule has 1 unspecified atom stereocenters. The average molecular weight is 356 g/mol. The fourth-order valence-electron chi connectivity index (χ4n) is 2.03. The summed E-state index contributed by atoms with van der Waals surface area (Å²) in [4.78, 5) is 12.1. The monoisotopic (exact) mass is 356 g/mol. The number of nitrogens with zero attached hydrogens (tertiary/aromatic N) is 3. The van der Waals surface area contributed by atoms with Crippen LogP contribution < -0.4 is 5.73 Å². The molecule has 0 radical (unpaired) electrons. The number of halogens is 3. The van der Waals surface area contributed by atoms with Crippen LogP contribution in [-0.2, 0) is 10.8 Å². The van der Waals surface area contributed by atoms with Crippen molar-refractivity contribution in [3.8, 4) is 0 Å². The summed E-state index contributed by atoms with van der Waals surface area (Å²) in [5.41, 5.74) is 7.75. The van der Waals surface area contributed by atoms with Gasteiger partial charge in [-0.25, -0.2) is 9.98 Å². The van der Waals surface area contributed by atoms with Crippen molar-refractivity contribution in [1.82, 2.24) is 9.97 Å². The summed E-state index contributed by atoms with van der Waals surface area (Å²) in [5, 5.41) is 0. The van der Waals surface area contributed by atoms with Gasteiger partial charge in [0.15, 0.2) is 5.84 Å². The number of nitrogens with two attached hydrogens (primary N) is 1. The summed E-state index contributed by atoms with van der Waals surface area (Å²) < 4.78 is 49.4. The van der Waals surface area contributed by atoms with Crippen molar-refractivity contribution in [3.63, 3.8) is 0 Å². The van der Waals surface area contributed by atoms with E-state index in [1.54, 1.807) is 19.9 Å². The van der Waals surface area contributed by atoms with Crippen molar-refractivity contribution < 1.29 is 17.4 Å². The molecule has 0 saturated heterocycles.